The number of ether oxygens (including phenoxy) is 1. The van der Waals surface area contributed by atoms with Gasteiger partial charge in [0.15, 0.2) is 11.6 Å². The molecule has 3 aliphatic rings. The van der Waals surface area contributed by atoms with Crippen LogP contribution in [0.2, 0.25) is 0 Å². The molecule has 4 N–H and O–H groups in total. The minimum atomic E-state index is -4.70. The standard InChI is InChI=1S/C58H59F5N14O4/c1-34-51(39-25-64-72(3)27-39)70-76(41-15-7-5-8-16-41)53(34)68-56(79)66-47-31-74(30-44(47)36-21-22-45(59)46(60)24-36)29-43-19-12-20-49(81-43)37-13-11-14-38(23-37)50-48(32-75(55(50)78)33-58(61,62)63)67-57(80)69-54-35(2)52(40-26-65-73(4)28-40)71-77(54)42-17-9-6-10-18-42/h5-11,13-18,21-28,43-44,47-50H,12,19-20,29-33H2,1-4H3,(H2,66,68,79)(H2,67,69,80)/t43?,44-,47+,48?,49?,50-/m0/s1. The summed E-state index contributed by atoms with van der Waals surface area (Å²) in [6, 6.07) is 26.4. The number of para-hydroxylation sites is 2. The Kier molecular flexibility index (Phi) is 15.0. The number of anilines is 2. The van der Waals surface area contributed by atoms with Crippen molar-refractivity contribution in [2.75, 3.05) is 43.4 Å². The highest BCUT2D eigenvalue weighted by atomic mass is 19.4. The van der Waals surface area contributed by atoms with Gasteiger partial charge in [0.2, 0.25) is 5.91 Å². The number of nitrogens with zero attached hydrogens (tertiary/aromatic N) is 10. The lowest BCUT2D eigenvalue weighted by molar-refractivity contribution is -0.157. The van der Waals surface area contributed by atoms with E-state index in [2.05, 4.69) is 36.4 Å². The number of alkyl halides is 3. The van der Waals surface area contributed by atoms with Crippen LogP contribution in [0, 0.1) is 25.5 Å². The van der Waals surface area contributed by atoms with Crippen molar-refractivity contribution in [3.63, 3.8) is 0 Å². The second-order valence-corrected chi connectivity index (χ2v) is 21.0. The lowest BCUT2D eigenvalue weighted by Crippen LogP contribution is -2.43. The van der Waals surface area contributed by atoms with Gasteiger partial charge in [-0.3, -0.25) is 29.7 Å². The van der Waals surface area contributed by atoms with Gasteiger partial charge >= 0.3 is 18.2 Å². The van der Waals surface area contributed by atoms with E-state index in [1.165, 1.54) is 6.07 Å². The van der Waals surface area contributed by atoms with Crippen molar-refractivity contribution >= 4 is 29.6 Å². The van der Waals surface area contributed by atoms with Gasteiger partial charge in [-0.15, -0.1) is 0 Å². The number of hydrogen-bond donors (Lipinski definition) is 4. The smallest absolute Gasteiger partial charge is 0.369 e. The second kappa shape index (κ2) is 22.4. The number of halogens is 5. The van der Waals surface area contributed by atoms with E-state index in [0.717, 1.165) is 29.0 Å². The van der Waals surface area contributed by atoms with E-state index in [9.17, 15) is 36.3 Å². The minimum absolute atomic E-state index is 0.317. The van der Waals surface area contributed by atoms with Crippen LogP contribution < -0.4 is 21.3 Å². The number of likely N-dealkylation sites (tertiary alicyclic amines) is 2. The van der Waals surface area contributed by atoms with Crippen molar-refractivity contribution < 1.29 is 41.1 Å². The maximum Gasteiger partial charge on any atom is 0.406 e. The second-order valence-electron chi connectivity index (χ2n) is 21.0. The molecule has 18 nitrogen and oxygen atoms in total. The van der Waals surface area contributed by atoms with Crippen molar-refractivity contribution in [2.45, 2.75) is 75.4 Å². The summed E-state index contributed by atoms with van der Waals surface area (Å²) in [5.74, 6) is -3.64. The average molecular weight is 1110 g/mol. The summed E-state index contributed by atoms with van der Waals surface area (Å²) in [7, 11) is 3.58. The van der Waals surface area contributed by atoms with Gasteiger partial charge in [-0.05, 0) is 86.2 Å². The lowest BCUT2D eigenvalue weighted by Gasteiger charge is -2.33. The third-order valence-electron chi connectivity index (χ3n) is 15.3. The van der Waals surface area contributed by atoms with E-state index in [-0.39, 0.29) is 6.10 Å². The molecule has 6 atom stereocenters. The summed E-state index contributed by atoms with van der Waals surface area (Å²) in [6.07, 6.45) is 3.55. The van der Waals surface area contributed by atoms with E-state index in [0.29, 0.717) is 100 Å². The molecule has 0 radical (unpaired) electrons. The molecular formula is C58H59F5N14O4. The van der Waals surface area contributed by atoms with Crippen molar-refractivity contribution in [3.05, 3.63) is 167 Å². The number of rotatable bonds is 14. The van der Waals surface area contributed by atoms with Gasteiger partial charge in [0.1, 0.15) is 29.6 Å². The summed E-state index contributed by atoms with van der Waals surface area (Å²) in [5.41, 5.74) is 6.96. The van der Waals surface area contributed by atoms with Gasteiger partial charge in [0.05, 0.1) is 54.0 Å². The number of benzene rings is 4. The first kappa shape index (κ1) is 54.3. The fourth-order valence-electron chi connectivity index (χ4n) is 11.5. The van der Waals surface area contributed by atoms with Gasteiger partial charge in [-0.25, -0.2) is 27.7 Å². The SMILES string of the molecule is Cc1c(-c2cnn(C)c2)nn(-c2ccccc2)c1NC(=O)NC1CN(CC(F)(F)F)C(=O)[C@H]1c1cccc(C2CCCC(CN3C[C@@H](NC(=O)Nc4c(C)c(-c5cnn(C)c5)nn4-c4ccccc4)[C@H](c4ccc(F)c(F)c4)C3)O2)c1. The molecule has 81 heavy (non-hydrogen) atoms. The molecule has 3 fully saturated rings. The van der Waals surface area contributed by atoms with Gasteiger partial charge in [0.25, 0.3) is 0 Å². The van der Waals surface area contributed by atoms with E-state index >= 15 is 0 Å². The van der Waals surface area contributed by atoms with Crippen LogP contribution in [0.1, 0.15) is 65.0 Å². The predicted octanol–water partition coefficient (Wildman–Crippen LogP) is 9.33. The maximum atomic E-state index is 14.9. The number of hydrogen-bond acceptors (Lipinski definition) is 9. The van der Waals surface area contributed by atoms with E-state index < -0.39 is 78.9 Å². The molecule has 420 valence electrons. The van der Waals surface area contributed by atoms with Crippen LogP contribution >= 0.6 is 0 Å². The molecule has 5 amide bonds. The molecule has 4 aromatic carbocycles. The molecule has 3 unspecified atom stereocenters. The number of aromatic nitrogens is 8. The molecule has 11 rings (SSSR count). The van der Waals surface area contributed by atoms with Crippen LogP contribution in [0.25, 0.3) is 33.9 Å². The Labute approximate surface area is 462 Å². The normalized spacial score (nSPS) is 20.5. The molecule has 7 heterocycles. The predicted molar refractivity (Wildman–Crippen MR) is 292 cm³/mol. The Morgan fingerprint density at radius 1 is 0.667 bits per heavy atom. The van der Waals surface area contributed by atoms with Gasteiger partial charge in [-0.2, -0.15) is 33.6 Å². The zero-order valence-electron chi connectivity index (χ0n) is 44.7. The monoisotopic (exact) mass is 1110 g/mol. The summed E-state index contributed by atoms with van der Waals surface area (Å²) < 4.78 is 84.6. The van der Waals surface area contributed by atoms with Crippen molar-refractivity contribution in [1.82, 2.24) is 59.6 Å². The van der Waals surface area contributed by atoms with Gasteiger partial charge in [-0.1, -0.05) is 66.7 Å². The topological polar surface area (TPSA) is 186 Å². The minimum Gasteiger partial charge on any atom is -0.369 e. The Morgan fingerprint density at radius 2 is 1.25 bits per heavy atom. The Bertz CT molecular complexity index is 3600. The molecule has 3 aliphatic heterocycles. The average Bonchev–Trinajstić information content (AvgIpc) is 4.54. The fourth-order valence-corrected chi connectivity index (χ4v) is 11.5. The highest BCUT2D eigenvalue weighted by molar-refractivity contribution is 5.94. The quantitative estimate of drug-likeness (QED) is 0.0770. The molecule has 0 saturated carbocycles. The molecule has 4 aromatic heterocycles. The Balaban J connectivity index is 0.802. The van der Waals surface area contributed by atoms with Crippen molar-refractivity contribution in [1.29, 1.82) is 0 Å². The van der Waals surface area contributed by atoms with Crippen molar-refractivity contribution in [3.8, 4) is 33.9 Å². The third-order valence-corrected chi connectivity index (χ3v) is 15.3. The zero-order chi connectivity index (χ0) is 56.7. The molecular weight excluding hydrogens is 1050 g/mol. The van der Waals surface area contributed by atoms with Crippen LogP contribution in [0.3, 0.4) is 0 Å². The number of aryl methyl sites for hydroxylation is 2. The summed E-state index contributed by atoms with van der Waals surface area (Å²) in [6.45, 7) is 2.90. The zero-order valence-corrected chi connectivity index (χ0v) is 44.7. The van der Waals surface area contributed by atoms with Crippen LogP contribution in [-0.2, 0) is 23.6 Å². The highest BCUT2D eigenvalue weighted by Crippen LogP contribution is 2.39. The maximum absolute atomic E-state index is 14.9. The van der Waals surface area contributed by atoms with E-state index in [4.69, 9.17) is 14.9 Å². The number of urea groups is 2. The van der Waals surface area contributed by atoms with Crippen LogP contribution in [-0.4, -0.2) is 124 Å². The molecule has 23 heteroatoms. The van der Waals surface area contributed by atoms with Gasteiger partial charge in [0, 0.05) is 80.8 Å². The lowest BCUT2D eigenvalue weighted by atomic mass is 9.90. The Morgan fingerprint density at radius 3 is 1.80 bits per heavy atom. The first-order chi connectivity index (χ1) is 38.9. The first-order valence-electron chi connectivity index (χ1n) is 26.6. The van der Waals surface area contributed by atoms with E-state index in [1.54, 1.807) is 76.5 Å². The largest absolute Gasteiger partial charge is 0.406 e. The summed E-state index contributed by atoms with van der Waals surface area (Å²) >= 11 is 0. The number of nitrogens with one attached hydrogen (secondary N) is 4. The fraction of sp³-hybridized carbons (Fsp3) is 0.328. The van der Waals surface area contributed by atoms with Crippen LogP contribution in [0.4, 0.5) is 43.2 Å². The van der Waals surface area contributed by atoms with E-state index in [1.807, 2.05) is 79.9 Å². The number of amides is 5. The highest BCUT2D eigenvalue weighted by Gasteiger charge is 2.47. The summed E-state index contributed by atoms with van der Waals surface area (Å²) in [5, 5.41) is 30.2. The van der Waals surface area contributed by atoms with Crippen molar-refractivity contribution in [2.24, 2.45) is 14.1 Å². The molecule has 3 saturated heterocycles. The van der Waals surface area contributed by atoms with Crippen LogP contribution in [0.5, 0.6) is 0 Å². The molecule has 0 bridgehead atoms. The van der Waals surface area contributed by atoms with Crippen LogP contribution in [0.15, 0.2) is 128 Å². The third kappa shape index (κ3) is 11.7. The Hall–Kier alpha value is -8.70. The number of carbonyl (C=O) groups is 3. The molecule has 0 spiro atoms. The summed E-state index contributed by atoms with van der Waals surface area (Å²) in [4.78, 5) is 45.3. The molecule has 8 aromatic rings. The van der Waals surface area contributed by atoms with Gasteiger partial charge < -0.3 is 20.3 Å². The molecule has 0 aliphatic carbocycles. The first-order valence-corrected chi connectivity index (χ1v) is 26.6. The number of carbonyl (C=O) groups excluding carboxylic acids is 3.